The molecule has 1 aliphatic rings. The minimum atomic E-state index is 0.0241. The first-order valence-electron chi connectivity index (χ1n) is 7.38. The van der Waals surface area contributed by atoms with E-state index in [1.54, 1.807) is 0 Å². The van der Waals surface area contributed by atoms with Gasteiger partial charge in [0.2, 0.25) is 5.91 Å². The number of likely N-dealkylation sites (N-methyl/N-ethyl adjacent to an activating group) is 1. The van der Waals surface area contributed by atoms with Crippen LogP contribution in [-0.2, 0) is 4.79 Å². The highest BCUT2D eigenvalue weighted by atomic mass is 16.2. The normalized spacial score (nSPS) is 19.3. The van der Waals surface area contributed by atoms with Crippen molar-refractivity contribution in [1.29, 1.82) is 0 Å². The Labute approximate surface area is 116 Å². The molecule has 0 bridgehead atoms. The van der Waals surface area contributed by atoms with Crippen molar-refractivity contribution >= 4 is 11.6 Å². The number of carbonyl (C=O) groups is 1. The van der Waals surface area contributed by atoms with E-state index >= 15 is 0 Å². The third-order valence-corrected chi connectivity index (χ3v) is 3.95. The van der Waals surface area contributed by atoms with Crippen molar-refractivity contribution < 1.29 is 4.79 Å². The lowest BCUT2D eigenvalue weighted by atomic mass is 10.00. The second-order valence-electron chi connectivity index (χ2n) is 5.05. The molecule has 1 fully saturated rings. The Morgan fingerprint density at radius 1 is 1.21 bits per heavy atom. The van der Waals surface area contributed by atoms with E-state index in [9.17, 15) is 4.79 Å². The molecular weight excluding hydrogens is 236 g/mol. The van der Waals surface area contributed by atoms with Gasteiger partial charge in [-0.05, 0) is 45.2 Å². The molecule has 1 aromatic carbocycles. The Kier molecular flexibility index (Phi) is 4.83. The molecule has 1 atom stereocenters. The van der Waals surface area contributed by atoms with E-state index < -0.39 is 0 Å². The molecule has 0 spiro atoms. The average molecular weight is 260 g/mol. The summed E-state index contributed by atoms with van der Waals surface area (Å²) in [6.07, 6.45) is 3.31. The van der Waals surface area contributed by atoms with Crippen LogP contribution in [0.2, 0.25) is 0 Å². The van der Waals surface area contributed by atoms with Crippen LogP contribution in [0.15, 0.2) is 30.3 Å². The SMILES string of the molecule is CCN(CC)C(=O)C1CCCCN1c1ccccc1. The summed E-state index contributed by atoms with van der Waals surface area (Å²) in [7, 11) is 0. The summed E-state index contributed by atoms with van der Waals surface area (Å²) in [6, 6.07) is 10.3. The maximum atomic E-state index is 12.6. The molecule has 1 amide bonds. The molecule has 104 valence electrons. The third-order valence-electron chi connectivity index (χ3n) is 3.95. The number of carbonyl (C=O) groups excluding carboxylic acids is 1. The van der Waals surface area contributed by atoms with E-state index in [0.29, 0.717) is 0 Å². The number of piperidine rings is 1. The van der Waals surface area contributed by atoms with Gasteiger partial charge in [0.1, 0.15) is 6.04 Å². The highest BCUT2D eigenvalue weighted by molar-refractivity contribution is 5.85. The number of nitrogens with zero attached hydrogens (tertiary/aromatic N) is 2. The average Bonchev–Trinajstić information content (AvgIpc) is 2.49. The van der Waals surface area contributed by atoms with Crippen LogP contribution in [0.3, 0.4) is 0 Å². The molecule has 0 N–H and O–H groups in total. The molecule has 1 saturated heterocycles. The molecular formula is C16H24N2O. The van der Waals surface area contributed by atoms with Gasteiger partial charge in [0.05, 0.1) is 0 Å². The van der Waals surface area contributed by atoms with Crippen LogP contribution >= 0.6 is 0 Å². The smallest absolute Gasteiger partial charge is 0.245 e. The summed E-state index contributed by atoms with van der Waals surface area (Å²) >= 11 is 0. The number of anilines is 1. The lowest BCUT2D eigenvalue weighted by molar-refractivity contribution is -0.132. The van der Waals surface area contributed by atoms with Crippen molar-refractivity contribution in [3.8, 4) is 0 Å². The molecule has 19 heavy (non-hydrogen) atoms. The maximum absolute atomic E-state index is 12.6. The molecule has 0 aromatic heterocycles. The van der Waals surface area contributed by atoms with E-state index in [-0.39, 0.29) is 11.9 Å². The largest absolute Gasteiger partial charge is 0.360 e. The Hall–Kier alpha value is -1.51. The van der Waals surface area contributed by atoms with Gasteiger partial charge in [-0.25, -0.2) is 0 Å². The zero-order valence-corrected chi connectivity index (χ0v) is 12.0. The molecule has 0 radical (unpaired) electrons. The standard InChI is InChI=1S/C16H24N2O/c1-3-17(4-2)16(19)15-12-8-9-13-18(15)14-10-6-5-7-11-14/h5-7,10-11,15H,3-4,8-9,12-13H2,1-2H3. The topological polar surface area (TPSA) is 23.6 Å². The van der Waals surface area contributed by atoms with Crippen LogP contribution in [0.5, 0.6) is 0 Å². The van der Waals surface area contributed by atoms with Gasteiger partial charge in [0.25, 0.3) is 0 Å². The number of hydrogen-bond donors (Lipinski definition) is 0. The fourth-order valence-electron chi connectivity index (χ4n) is 2.86. The number of hydrogen-bond acceptors (Lipinski definition) is 2. The summed E-state index contributed by atoms with van der Waals surface area (Å²) in [5, 5.41) is 0. The Balaban J connectivity index is 2.19. The van der Waals surface area contributed by atoms with Crippen molar-refractivity contribution in [3.05, 3.63) is 30.3 Å². The van der Waals surface area contributed by atoms with Gasteiger partial charge in [0.15, 0.2) is 0 Å². The predicted molar refractivity (Wildman–Crippen MR) is 79.4 cm³/mol. The van der Waals surface area contributed by atoms with Gasteiger partial charge in [-0.1, -0.05) is 18.2 Å². The van der Waals surface area contributed by atoms with Crippen LogP contribution in [-0.4, -0.2) is 36.5 Å². The van der Waals surface area contributed by atoms with Crippen molar-refractivity contribution in [1.82, 2.24) is 4.90 Å². The van der Waals surface area contributed by atoms with Crippen molar-refractivity contribution in [2.75, 3.05) is 24.5 Å². The van der Waals surface area contributed by atoms with Crippen LogP contribution < -0.4 is 4.90 Å². The van der Waals surface area contributed by atoms with Gasteiger partial charge in [-0.2, -0.15) is 0 Å². The number of benzene rings is 1. The second kappa shape index (κ2) is 6.60. The Morgan fingerprint density at radius 3 is 2.53 bits per heavy atom. The van der Waals surface area contributed by atoms with Crippen LogP contribution in [0.1, 0.15) is 33.1 Å². The van der Waals surface area contributed by atoms with Gasteiger partial charge in [-0.3, -0.25) is 4.79 Å². The van der Waals surface area contributed by atoms with E-state index in [0.717, 1.165) is 32.5 Å². The van der Waals surface area contributed by atoms with E-state index in [4.69, 9.17) is 0 Å². The highest BCUT2D eigenvalue weighted by Crippen LogP contribution is 2.25. The molecule has 1 unspecified atom stereocenters. The molecule has 0 aliphatic carbocycles. The van der Waals surface area contributed by atoms with E-state index in [1.165, 1.54) is 12.1 Å². The summed E-state index contributed by atoms with van der Waals surface area (Å²) in [4.78, 5) is 16.9. The summed E-state index contributed by atoms with van der Waals surface area (Å²) in [5.74, 6) is 0.286. The molecule has 1 heterocycles. The summed E-state index contributed by atoms with van der Waals surface area (Å²) in [6.45, 7) is 6.69. The van der Waals surface area contributed by atoms with Crippen molar-refractivity contribution in [2.24, 2.45) is 0 Å². The summed E-state index contributed by atoms with van der Waals surface area (Å²) in [5.41, 5.74) is 1.17. The lowest BCUT2D eigenvalue weighted by Gasteiger charge is -2.38. The summed E-state index contributed by atoms with van der Waals surface area (Å²) < 4.78 is 0. The Morgan fingerprint density at radius 2 is 1.89 bits per heavy atom. The minimum Gasteiger partial charge on any atom is -0.360 e. The van der Waals surface area contributed by atoms with E-state index in [1.807, 2.05) is 23.1 Å². The van der Waals surface area contributed by atoms with E-state index in [2.05, 4.69) is 30.9 Å². The molecule has 3 heteroatoms. The van der Waals surface area contributed by atoms with Crippen LogP contribution in [0.25, 0.3) is 0 Å². The number of para-hydroxylation sites is 1. The van der Waals surface area contributed by atoms with Crippen molar-refractivity contribution in [2.45, 2.75) is 39.2 Å². The van der Waals surface area contributed by atoms with Crippen LogP contribution in [0.4, 0.5) is 5.69 Å². The first-order chi connectivity index (χ1) is 9.27. The predicted octanol–water partition coefficient (Wildman–Crippen LogP) is 2.91. The molecule has 1 aromatic rings. The number of amides is 1. The second-order valence-corrected chi connectivity index (χ2v) is 5.05. The van der Waals surface area contributed by atoms with Gasteiger partial charge >= 0.3 is 0 Å². The number of rotatable bonds is 4. The third kappa shape index (κ3) is 3.09. The molecule has 0 saturated carbocycles. The fourth-order valence-corrected chi connectivity index (χ4v) is 2.86. The van der Waals surface area contributed by atoms with Gasteiger partial charge in [0, 0.05) is 25.3 Å². The Bertz CT molecular complexity index is 400. The highest BCUT2D eigenvalue weighted by Gasteiger charge is 2.30. The quantitative estimate of drug-likeness (QED) is 0.831. The van der Waals surface area contributed by atoms with Crippen molar-refractivity contribution in [3.63, 3.8) is 0 Å². The zero-order valence-electron chi connectivity index (χ0n) is 12.0. The van der Waals surface area contributed by atoms with Crippen LogP contribution in [0, 0.1) is 0 Å². The van der Waals surface area contributed by atoms with Gasteiger partial charge in [-0.15, -0.1) is 0 Å². The van der Waals surface area contributed by atoms with Gasteiger partial charge < -0.3 is 9.80 Å². The lowest BCUT2D eigenvalue weighted by Crippen LogP contribution is -2.51. The minimum absolute atomic E-state index is 0.0241. The monoisotopic (exact) mass is 260 g/mol. The molecule has 3 nitrogen and oxygen atoms in total. The molecule has 2 rings (SSSR count). The molecule has 1 aliphatic heterocycles. The first kappa shape index (κ1) is 13.9. The fraction of sp³-hybridized carbons (Fsp3) is 0.562. The zero-order chi connectivity index (χ0) is 13.7. The first-order valence-corrected chi connectivity index (χ1v) is 7.38. The maximum Gasteiger partial charge on any atom is 0.245 e.